The van der Waals surface area contributed by atoms with E-state index >= 15 is 0 Å². The molecule has 1 aromatic heterocycles. The van der Waals surface area contributed by atoms with Crippen LogP contribution >= 0.6 is 11.3 Å². The molecule has 4 rings (SSSR count). The van der Waals surface area contributed by atoms with Crippen LogP contribution in [-0.2, 0) is 14.8 Å². The van der Waals surface area contributed by atoms with E-state index in [1.165, 1.54) is 39.9 Å². The Morgan fingerprint density at radius 3 is 2.38 bits per heavy atom. The number of sulfonamides is 1. The minimum Gasteiger partial charge on any atom is -0.494 e. The van der Waals surface area contributed by atoms with Crippen LogP contribution in [-0.4, -0.2) is 55.5 Å². The fraction of sp³-hybridized carbons (Fsp3) is 0.333. The van der Waals surface area contributed by atoms with Crippen LogP contribution in [0.5, 0.6) is 5.75 Å². The van der Waals surface area contributed by atoms with Crippen LogP contribution in [0.25, 0.3) is 11.3 Å². The number of hydrogen-bond acceptors (Lipinski definition) is 7. The number of carbonyl (C=O) groups is 1. The van der Waals surface area contributed by atoms with Crippen LogP contribution in [0, 0.1) is 0 Å². The topological polar surface area (TPSA) is 97.8 Å². The van der Waals surface area contributed by atoms with Crippen LogP contribution in [0.2, 0.25) is 0 Å². The number of thiazole rings is 1. The van der Waals surface area contributed by atoms with Crippen LogP contribution in [0.1, 0.15) is 31.1 Å². The van der Waals surface area contributed by atoms with E-state index in [2.05, 4.69) is 10.3 Å². The third-order valence-corrected chi connectivity index (χ3v) is 7.93. The number of ether oxygens (including phenoxy) is 2. The molecule has 0 radical (unpaired) electrons. The average Bonchev–Trinajstić information content (AvgIpc) is 3.27. The lowest BCUT2D eigenvalue weighted by Gasteiger charge is -2.34. The molecule has 1 aliphatic rings. The van der Waals surface area contributed by atoms with E-state index in [1.54, 1.807) is 0 Å². The largest absolute Gasteiger partial charge is 0.494 e. The van der Waals surface area contributed by atoms with Crippen molar-refractivity contribution < 1.29 is 22.7 Å². The summed E-state index contributed by atoms with van der Waals surface area (Å²) >= 11 is 1.32. The van der Waals surface area contributed by atoms with Gasteiger partial charge in [-0.15, -0.1) is 11.3 Å². The maximum atomic E-state index is 13.0. The molecule has 2 atom stereocenters. The molecule has 0 spiro atoms. The van der Waals surface area contributed by atoms with E-state index in [0.29, 0.717) is 30.4 Å². The fourth-order valence-corrected chi connectivity index (χ4v) is 6.08. The minimum absolute atomic E-state index is 0.150. The van der Waals surface area contributed by atoms with Gasteiger partial charge in [0.2, 0.25) is 10.0 Å². The molecule has 0 saturated carbocycles. The molecule has 2 aromatic carbocycles. The average molecular weight is 502 g/mol. The van der Waals surface area contributed by atoms with Crippen molar-refractivity contribution in [2.45, 2.75) is 37.9 Å². The standard InChI is InChI=1S/C24H27N3O5S2/c1-4-31-20-9-5-18(6-10-20)22-15-33-24(25-22)26-23(28)19-7-11-21(12-8-19)34(29,30)27-13-16(2)32-17(3)14-27/h5-12,15-17H,4,13-14H2,1-3H3,(H,25,26,28)/t16-,17+. The van der Waals surface area contributed by atoms with Gasteiger partial charge in [0.25, 0.3) is 5.91 Å². The number of aromatic nitrogens is 1. The van der Waals surface area contributed by atoms with Gasteiger partial charge in [0.05, 0.1) is 29.4 Å². The minimum atomic E-state index is -3.66. The molecule has 3 aromatic rings. The zero-order valence-electron chi connectivity index (χ0n) is 19.2. The molecule has 0 unspecified atom stereocenters. The first kappa shape index (κ1) is 24.3. The van der Waals surface area contributed by atoms with E-state index in [4.69, 9.17) is 9.47 Å². The predicted octanol–water partition coefficient (Wildman–Crippen LogP) is 4.26. The Bertz CT molecular complexity index is 1230. The molecule has 0 aliphatic carbocycles. The summed E-state index contributed by atoms with van der Waals surface area (Å²) in [5.74, 6) is 0.434. The van der Waals surface area contributed by atoms with Crippen LogP contribution in [0.4, 0.5) is 5.13 Å². The van der Waals surface area contributed by atoms with E-state index < -0.39 is 10.0 Å². The SMILES string of the molecule is CCOc1ccc(-c2csc(NC(=O)c3ccc(S(=O)(=O)N4C[C@@H](C)O[C@@H](C)C4)cc3)n2)cc1. The summed E-state index contributed by atoms with van der Waals surface area (Å²) in [5, 5.41) is 5.11. The predicted molar refractivity (Wildman–Crippen MR) is 132 cm³/mol. The summed E-state index contributed by atoms with van der Waals surface area (Å²) in [6.45, 7) is 6.84. The van der Waals surface area contributed by atoms with E-state index in [1.807, 2.05) is 50.4 Å². The Labute approximate surface area is 203 Å². The zero-order chi connectivity index (χ0) is 24.3. The highest BCUT2D eigenvalue weighted by atomic mass is 32.2. The first-order chi connectivity index (χ1) is 16.3. The van der Waals surface area contributed by atoms with Crippen molar-refractivity contribution in [3.8, 4) is 17.0 Å². The van der Waals surface area contributed by atoms with E-state index in [0.717, 1.165) is 17.0 Å². The van der Waals surface area contributed by atoms with Crippen molar-refractivity contribution >= 4 is 32.4 Å². The molecule has 0 bridgehead atoms. The van der Waals surface area contributed by atoms with Crippen molar-refractivity contribution in [1.82, 2.24) is 9.29 Å². The number of carbonyl (C=O) groups excluding carboxylic acids is 1. The Hall–Kier alpha value is -2.79. The number of hydrogen-bond donors (Lipinski definition) is 1. The lowest BCUT2D eigenvalue weighted by atomic mass is 10.2. The van der Waals surface area contributed by atoms with E-state index in [9.17, 15) is 13.2 Å². The van der Waals surface area contributed by atoms with Crippen molar-refractivity contribution in [3.05, 3.63) is 59.5 Å². The second-order valence-corrected chi connectivity index (χ2v) is 10.8. The van der Waals surface area contributed by atoms with Gasteiger partial charge in [-0.25, -0.2) is 13.4 Å². The molecular weight excluding hydrogens is 474 g/mol. The molecule has 1 aliphatic heterocycles. The second kappa shape index (κ2) is 10.2. The van der Waals surface area contributed by atoms with Gasteiger partial charge in [0, 0.05) is 29.6 Å². The number of benzene rings is 2. The number of morpholine rings is 1. The lowest BCUT2D eigenvalue weighted by Crippen LogP contribution is -2.48. The number of nitrogens with one attached hydrogen (secondary N) is 1. The van der Waals surface area contributed by atoms with E-state index in [-0.39, 0.29) is 23.0 Å². The van der Waals surface area contributed by atoms with Crippen LogP contribution in [0.3, 0.4) is 0 Å². The Morgan fingerprint density at radius 1 is 1.12 bits per heavy atom. The summed E-state index contributed by atoms with van der Waals surface area (Å²) in [4.78, 5) is 17.3. The number of nitrogens with zero attached hydrogens (tertiary/aromatic N) is 2. The van der Waals surface area contributed by atoms with Gasteiger partial charge in [0.15, 0.2) is 5.13 Å². The molecule has 1 N–H and O–H groups in total. The normalized spacial score (nSPS) is 19.0. The zero-order valence-corrected chi connectivity index (χ0v) is 20.9. The number of anilines is 1. The Kier molecular flexibility index (Phi) is 7.32. The first-order valence-electron chi connectivity index (χ1n) is 11.0. The lowest BCUT2D eigenvalue weighted by molar-refractivity contribution is -0.0440. The maximum absolute atomic E-state index is 13.0. The fourth-order valence-electron chi connectivity index (χ4n) is 3.78. The quantitative estimate of drug-likeness (QED) is 0.520. The summed E-state index contributed by atoms with van der Waals surface area (Å²) in [6, 6.07) is 13.5. The van der Waals surface area contributed by atoms with Gasteiger partial charge in [-0.2, -0.15) is 4.31 Å². The van der Waals surface area contributed by atoms with Crippen molar-refractivity contribution in [2.24, 2.45) is 0 Å². The van der Waals surface area contributed by atoms with Crippen LogP contribution < -0.4 is 10.1 Å². The molecule has 1 fully saturated rings. The highest BCUT2D eigenvalue weighted by Gasteiger charge is 2.32. The van der Waals surface area contributed by atoms with Gasteiger partial charge in [-0.3, -0.25) is 10.1 Å². The molecule has 1 amide bonds. The van der Waals surface area contributed by atoms with Crippen molar-refractivity contribution in [2.75, 3.05) is 25.0 Å². The Balaban J connectivity index is 1.42. The number of rotatable bonds is 7. The summed E-state index contributed by atoms with van der Waals surface area (Å²) in [5.41, 5.74) is 2.01. The number of amides is 1. The summed E-state index contributed by atoms with van der Waals surface area (Å²) < 4.78 is 38.5. The van der Waals surface area contributed by atoms with Crippen molar-refractivity contribution in [1.29, 1.82) is 0 Å². The smallest absolute Gasteiger partial charge is 0.257 e. The Morgan fingerprint density at radius 2 is 1.76 bits per heavy atom. The monoisotopic (exact) mass is 501 g/mol. The highest BCUT2D eigenvalue weighted by Crippen LogP contribution is 2.27. The molecule has 10 heteroatoms. The first-order valence-corrected chi connectivity index (χ1v) is 13.3. The molecule has 8 nitrogen and oxygen atoms in total. The summed E-state index contributed by atoms with van der Waals surface area (Å²) in [6.07, 6.45) is -0.344. The van der Waals surface area contributed by atoms with Gasteiger partial charge in [0.1, 0.15) is 5.75 Å². The second-order valence-electron chi connectivity index (χ2n) is 8.05. The third kappa shape index (κ3) is 5.47. The van der Waals surface area contributed by atoms with Crippen LogP contribution in [0.15, 0.2) is 58.8 Å². The molecule has 34 heavy (non-hydrogen) atoms. The molecular formula is C24H27N3O5S2. The third-order valence-electron chi connectivity index (χ3n) is 5.33. The van der Waals surface area contributed by atoms with Gasteiger partial charge in [-0.1, -0.05) is 0 Å². The van der Waals surface area contributed by atoms with Gasteiger partial charge >= 0.3 is 0 Å². The summed E-state index contributed by atoms with van der Waals surface area (Å²) in [7, 11) is -3.66. The van der Waals surface area contributed by atoms with Crippen molar-refractivity contribution in [3.63, 3.8) is 0 Å². The molecule has 2 heterocycles. The molecule has 1 saturated heterocycles. The highest BCUT2D eigenvalue weighted by molar-refractivity contribution is 7.89. The maximum Gasteiger partial charge on any atom is 0.257 e. The van der Waals surface area contributed by atoms with Gasteiger partial charge < -0.3 is 9.47 Å². The van der Waals surface area contributed by atoms with Gasteiger partial charge in [-0.05, 0) is 69.3 Å². The molecule has 180 valence electrons.